The Morgan fingerprint density at radius 3 is 2.48 bits per heavy atom. The van der Waals surface area contributed by atoms with Crippen LogP contribution in [0.15, 0.2) is 78.9 Å². The van der Waals surface area contributed by atoms with Crippen molar-refractivity contribution in [2.45, 2.75) is 25.8 Å². The van der Waals surface area contributed by atoms with Gasteiger partial charge in [-0.05, 0) is 51.8 Å². The maximum atomic E-state index is 11.4. The molecule has 0 fully saturated rings. The van der Waals surface area contributed by atoms with Crippen molar-refractivity contribution in [3.05, 3.63) is 101 Å². The van der Waals surface area contributed by atoms with Crippen molar-refractivity contribution in [2.75, 3.05) is 11.5 Å². The topological polar surface area (TPSA) is 66.4 Å². The third-order valence-corrected chi connectivity index (χ3v) is 6.78. The highest BCUT2D eigenvalue weighted by atomic mass is 32.2. The molecule has 0 saturated heterocycles. The number of amides is 1. The third kappa shape index (κ3) is 5.74. The van der Waals surface area contributed by atoms with E-state index in [0.29, 0.717) is 11.5 Å². The van der Waals surface area contributed by atoms with Gasteiger partial charge in [-0.3, -0.25) is 4.79 Å². The first-order valence-electron chi connectivity index (χ1n) is 11.0. The summed E-state index contributed by atoms with van der Waals surface area (Å²) in [5.74, 6) is -0.347. The Hall–Kier alpha value is -3.31. The number of allylic oxidation sites excluding steroid dienone is 1. The number of hydrogen-bond acceptors (Lipinski definition) is 3. The van der Waals surface area contributed by atoms with E-state index >= 15 is 0 Å². The van der Waals surface area contributed by atoms with Gasteiger partial charge in [0.1, 0.15) is 6.04 Å². The van der Waals surface area contributed by atoms with E-state index in [1.165, 1.54) is 57.6 Å². The molecule has 0 bridgehead atoms. The number of thioether (sulfide) groups is 1. The van der Waals surface area contributed by atoms with Crippen LogP contribution in [0.5, 0.6) is 0 Å². The molecule has 4 nitrogen and oxygen atoms in total. The SMILES string of the molecule is CC(=O)N[C@@H](CSC/C=C(/Cc1ccc2c(c1)Cc1ccccc1-2)c1ccccc1)C(=O)O. The number of nitrogens with one attached hydrogen (secondary N) is 1. The standard InChI is InChI=1S/C28H27NO3S/c1-19(30)29-27(28(31)32)18-33-14-13-22(21-7-3-2-4-8-21)15-20-11-12-26-24(16-20)17-23-9-5-6-10-25(23)26/h2-13,16,27H,14-15,17-18H2,1H3,(H,29,30)(H,31,32)/b22-13-/t27-/m0/s1. The van der Waals surface area contributed by atoms with E-state index in [2.05, 4.69) is 66.0 Å². The fourth-order valence-corrected chi connectivity index (χ4v) is 5.15. The van der Waals surface area contributed by atoms with Crippen molar-refractivity contribution < 1.29 is 14.7 Å². The number of fused-ring (bicyclic) bond motifs is 3. The highest BCUT2D eigenvalue weighted by Crippen LogP contribution is 2.37. The molecule has 1 aliphatic carbocycles. The van der Waals surface area contributed by atoms with E-state index in [1.54, 1.807) is 0 Å². The van der Waals surface area contributed by atoms with E-state index in [0.717, 1.165) is 12.8 Å². The molecule has 4 rings (SSSR count). The summed E-state index contributed by atoms with van der Waals surface area (Å²) >= 11 is 1.50. The van der Waals surface area contributed by atoms with Gasteiger partial charge in [-0.1, -0.05) is 78.9 Å². The van der Waals surface area contributed by atoms with Gasteiger partial charge in [0, 0.05) is 18.4 Å². The molecule has 33 heavy (non-hydrogen) atoms. The Labute approximate surface area is 198 Å². The van der Waals surface area contributed by atoms with Crippen LogP contribution < -0.4 is 5.32 Å². The lowest BCUT2D eigenvalue weighted by molar-refractivity contribution is -0.140. The summed E-state index contributed by atoms with van der Waals surface area (Å²) in [7, 11) is 0. The first-order valence-corrected chi connectivity index (χ1v) is 12.2. The largest absolute Gasteiger partial charge is 0.480 e. The molecule has 1 aliphatic rings. The van der Waals surface area contributed by atoms with Crippen LogP contribution in [0.25, 0.3) is 16.7 Å². The van der Waals surface area contributed by atoms with Gasteiger partial charge in [0.05, 0.1) is 0 Å². The minimum atomic E-state index is -1.01. The minimum Gasteiger partial charge on any atom is -0.480 e. The lowest BCUT2D eigenvalue weighted by Crippen LogP contribution is -2.41. The maximum Gasteiger partial charge on any atom is 0.327 e. The summed E-state index contributed by atoms with van der Waals surface area (Å²) in [6.07, 6.45) is 3.95. The van der Waals surface area contributed by atoms with Gasteiger partial charge in [0.2, 0.25) is 5.91 Å². The van der Waals surface area contributed by atoms with E-state index in [-0.39, 0.29) is 5.91 Å². The average molecular weight is 458 g/mol. The molecule has 0 unspecified atom stereocenters. The fourth-order valence-electron chi connectivity index (χ4n) is 4.24. The Bertz CT molecular complexity index is 1190. The van der Waals surface area contributed by atoms with Crippen LogP contribution in [-0.4, -0.2) is 34.5 Å². The number of benzene rings is 3. The minimum absolute atomic E-state index is 0.324. The van der Waals surface area contributed by atoms with Crippen LogP contribution in [0.1, 0.15) is 29.2 Å². The van der Waals surface area contributed by atoms with E-state index in [4.69, 9.17) is 0 Å². The molecule has 0 spiro atoms. The molecule has 3 aromatic carbocycles. The van der Waals surface area contributed by atoms with Gasteiger partial charge in [-0.25, -0.2) is 4.79 Å². The van der Waals surface area contributed by atoms with Gasteiger partial charge in [-0.15, -0.1) is 0 Å². The van der Waals surface area contributed by atoms with Gasteiger partial charge in [0.25, 0.3) is 0 Å². The van der Waals surface area contributed by atoms with Gasteiger partial charge < -0.3 is 10.4 Å². The van der Waals surface area contributed by atoms with Crippen LogP contribution in [0.4, 0.5) is 0 Å². The number of carbonyl (C=O) groups excluding carboxylic acids is 1. The number of carbonyl (C=O) groups is 2. The molecule has 0 aliphatic heterocycles. The maximum absolute atomic E-state index is 11.4. The quantitative estimate of drug-likeness (QED) is 0.339. The third-order valence-electron chi connectivity index (χ3n) is 5.80. The number of carboxylic acid groups (broad SMARTS) is 1. The second-order valence-corrected chi connectivity index (χ2v) is 9.30. The Morgan fingerprint density at radius 2 is 1.73 bits per heavy atom. The lowest BCUT2D eigenvalue weighted by Gasteiger charge is -2.13. The van der Waals surface area contributed by atoms with Crippen molar-refractivity contribution in [3.8, 4) is 11.1 Å². The van der Waals surface area contributed by atoms with Gasteiger partial charge in [-0.2, -0.15) is 11.8 Å². The van der Waals surface area contributed by atoms with Crippen molar-refractivity contribution in [2.24, 2.45) is 0 Å². The molecular weight excluding hydrogens is 430 g/mol. The van der Waals surface area contributed by atoms with E-state index in [1.807, 2.05) is 18.2 Å². The monoisotopic (exact) mass is 457 g/mol. The van der Waals surface area contributed by atoms with Gasteiger partial charge in [0.15, 0.2) is 0 Å². The Balaban J connectivity index is 1.49. The van der Waals surface area contributed by atoms with Crippen LogP contribution >= 0.6 is 11.8 Å². The van der Waals surface area contributed by atoms with E-state index in [9.17, 15) is 14.7 Å². The second-order valence-electron chi connectivity index (χ2n) is 8.23. The highest BCUT2D eigenvalue weighted by molar-refractivity contribution is 7.99. The highest BCUT2D eigenvalue weighted by Gasteiger charge is 2.19. The smallest absolute Gasteiger partial charge is 0.327 e. The van der Waals surface area contributed by atoms with Crippen molar-refractivity contribution >= 4 is 29.2 Å². The zero-order chi connectivity index (χ0) is 23.2. The van der Waals surface area contributed by atoms with Crippen molar-refractivity contribution in [1.29, 1.82) is 0 Å². The summed E-state index contributed by atoms with van der Waals surface area (Å²) in [6.45, 7) is 1.34. The van der Waals surface area contributed by atoms with Crippen molar-refractivity contribution in [3.63, 3.8) is 0 Å². The number of hydrogen-bond donors (Lipinski definition) is 2. The number of rotatable bonds is 9. The molecule has 1 amide bonds. The van der Waals surface area contributed by atoms with Crippen LogP contribution in [0.2, 0.25) is 0 Å². The van der Waals surface area contributed by atoms with Gasteiger partial charge >= 0.3 is 5.97 Å². The Morgan fingerprint density at radius 1 is 1.00 bits per heavy atom. The first kappa shape index (κ1) is 22.9. The normalized spacial score (nSPS) is 13.2. The lowest BCUT2D eigenvalue weighted by atomic mass is 9.95. The van der Waals surface area contributed by atoms with Crippen LogP contribution in [-0.2, 0) is 22.4 Å². The molecule has 5 heteroatoms. The second kappa shape index (κ2) is 10.5. The molecule has 0 aromatic heterocycles. The zero-order valence-corrected chi connectivity index (χ0v) is 19.4. The molecule has 2 N–H and O–H groups in total. The van der Waals surface area contributed by atoms with E-state index < -0.39 is 12.0 Å². The molecular formula is C28H27NO3S. The predicted octanol–water partition coefficient (Wildman–Crippen LogP) is 5.21. The summed E-state index contributed by atoms with van der Waals surface area (Å²) in [6, 6.07) is 24.8. The summed E-state index contributed by atoms with van der Waals surface area (Å²) in [5.41, 5.74) is 9.06. The summed E-state index contributed by atoms with van der Waals surface area (Å²) in [4.78, 5) is 22.6. The molecule has 1 atom stereocenters. The molecule has 3 aromatic rings. The fraction of sp³-hybridized carbons (Fsp3) is 0.214. The van der Waals surface area contributed by atoms with Crippen LogP contribution in [0.3, 0.4) is 0 Å². The summed E-state index contributed by atoms with van der Waals surface area (Å²) in [5, 5.41) is 11.8. The first-order chi connectivity index (χ1) is 16.0. The molecule has 0 saturated carbocycles. The predicted molar refractivity (Wildman–Crippen MR) is 135 cm³/mol. The molecule has 0 radical (unpaired) electrons. The molecule has 168 valence electrons. The zero-order valence-electron chi connectivity index (χ0n) is 18.6. The number of carboxylic acids is 1. The average Bonchev–Trinajstić information content (AvgIpc) is 3.18. The number of aliphatic carboxylic acids is 1. The van der Waals surface area contributed by atoms with Crippen molar-refractivity contribution in [1.82, 2.24) is 5.32 Å². The van der Waals surface area contributed by atoms with Crippen LogP contribution in [0, 0.1) is 0 Å². The molecule has 0 heterocycles. The Kier molecular flexibility index (Phi) is 7.30. The summed E-state index contributed by atoms with van der Waals surface area (Å²) < 4.78 is 0.